The maximum atomic E-state index is 12.8. The van der Waals surface area contributed by atoms with E-state index < -0.39 is 6.04 Å². The summed E-state index contributed by atoms with van der Waals surface area (Å²) in [5.74, 6) is 0.732. The van der Waals surface area contributed by atoms with Crippen LogP contribution in [0, 0.1) is 0 Å². The van der Waals surface area contributed by atoms with E-state index in [1.807, 2.05) is 72.4 Å². The first-order valence-corrected chi connectivity index (χ1v) is 9.27. The van der Waals surface area contributed by atoms with Crippen molar-refractivity contribution in [3.63, 3.8) is 0 Å². The molecule has 0 saturated carbocycles. The van der Waals surface area contributed by atoms with Gasteiger partial charge in [0, 0.05) is 29.9 Å². The van der Waals surface area contributed by atoms with E-state index in [1.54, 1.807) is 18.3 Å². The zero-order valence-corrected chi connectivity index (χ0v) is 16.0. The SMILES string of the molecule is Cn1ccnc1C(NC(=O)Nc1cccc2ccccc12)c1ccc(Cl)cc1. The Morgan fingerprint density at radius 3 is 2.54 bits per heavy atom. The summed E-state index contributed by atoms with van der Waals surface area (Å²) in [7, 11) is 1.90. The van der Waals surface area contributed by atoms with Crippen molar-refractivity contribution in [3.05, 3.63) is 95.5 Å². The number of anilines is 1. The van der Waals surface area contributed by atoms with Crippen LogP contribution in [-0.2, 0) is 7.05 Å². The standard InChI is InChI=1S/C22H19ClN4O/c1-27-14-13-24-21(27)20(16-9-11-17(23)12-10-16)26-22(28)25-19-8-4-6-15-5-2-3-7-18(15)19/h2-14,20H,1H3,(H2,25,26,28). The van der Waals surface area contributed by atoms with Crippen LogP contribution in [0.25, 0.3) is 10.8 Å². The van der Waals surface area contributed by atoms with Gasteiger partial charge >= 0.3 is 6.03 Å². The van der Waals surface area contributed by atoms with Gasteiger partial charge < -0.3 is 15.2 Å². The van der Waals surface area contributed by atoms with Crippen LogP contribution in [0.15, 0.2) is 79.1 Å². The lowest BCUT2D eigenvalue weighted by Crippen LogP contribution is -2.34. The Bertz CT molecular complexity index is 1120. The molecule has 0 radical (unpaired) electrons. The smallest absolute Gasteiger partial charge is 0.320 e. The molecule has 1 unspecified atom stereocenters. The number of amides is 2. The Labute approximate surface area is 168 Å². The molecule has 0 spiro atoms. The summed E-state index contributed by atoms with van der Waals surface area (Å²) in [6.45, 7) is 0. The quantitative estimate of drug-likeness (QED) is 0.507. The van der Waals surface area contributed by atoms with Crippen LogP contribution in [0.3, 0.4) is 0 Å². The fraction of sp³-hybridized carbons (Fsp3) is 0.0909. The van der Waals surface area contributed by atoms with Crippen molar-refractivity contribution in [1.29, 1.82) is 0 Å². The molecule has 0 saturated heterocycles. The first-order chi connectivity index (χ1) is 13.6. The van der Waals surface area contributed by atoms with Crippen LogP contribution >= 0.6 is 11.6 Å². The molecule has 0 aliphatic carbocycles. The summed E-state index contributed by atoms with van der Waals surface area (Å²) < 4.78 is 1.89. The van der Waals surface area contributed by atoms with Gasteiger partial charge in [0.05, 0.1) is 5.69 Å². The van der Waals surface area contributed by atoms with Gasteiger partial charge in [-0.2, -0.15) is 0 Å². The molecule has 0 bridgehead atoms. The fourth-order valence-electron chi connectivity index (χ4n) is 3.23. The lowest BCUT2D eigenvalue weighted by atomic mass is 10.1. The number of aromatic nitrogens is 2. The molecule has 0 aliphatic rings. The number of urea groups is 1. The van der Waals surface area contributed by atoms with E-state index in [0.29, 0.717) is 5.02 Å². The average molecular weight is 391 g/mol. The first-order valence-electron chi connectivity index (χ1n) is 8.90. The zero-order chi connectivity index (χ0) is 19.5. The highest BCUT2D eigenvalue weighted by Crippen LogP contribution is 2.25. The minimum Gasteiger partial charge on any atom is -0.336 e. The molecular weight excluding hydrogens is 372 g/mol. The molecule has 1 aromatic heterocycles. The molecular formula is C22H19ClN4O. The fourth-order valence-corrected chi connectivity index (χ4v) is 3.36. The molecule has 4 rings (SSSR count). The number of halogens is 1. The van der Waals surface area contributed by atoms with E-state index in [2.05, 4.69) is 15.6 Å². The van der Waals surface area contributed by atoms with Crippen molar-refractivity contribution in [1.82, 2.24) is 14.9 Å². The Morgan fingerprint density at radius 1 is 1.04 bits per heavy atom. The van der Waals surface area contributed by atoms with E-state index in [0.717, 1.165) is 27.8 Å². The third-order valence-corrected chi connectivity index (χ3v) is 4.89. The van der Waals surface area contributed by atoms with Gasteiger partial charge in [0.1, 0.15) is 11.9 Å². The molecule has 6 heteroatoms. The molecule has 2 amide bonds. The van der Waals surface area contributed by atoms with E-state index in [4.69, 9.17) is 11.6 Å². The molecule has 4 aromatic rings. The number of rotatable bonds is 4. The zero-order valence-electron chi connectivity index (χ0n) is 15.3. The summed E-state index contributed by atoms with van der Waals surface area (Å²) in [5.41, 5.74) is 1.65. The van der Waals surface area contributed by atoms with E-state index in [9.17, 15) is 4.79 Å². The molecule has 2 N–H and O–H groups in total. The second-order valence-corrected chi connectivity index (χ2v) is 6.94. The Balaban J connectivity index is 1.62. The maximum absolute atomic E-state index is 12.8. The van der Waals surface area contributed by atoms with Crippen LogP contribution in [0.5, 0.6) is 0 Å². The number of hydrogen-bond acceptors (Lipinski definition) is 2. The second kappa shape index (κ2) is 7.74. The molecule has 28 heavy (non-hydrogen) atoms. The minimum absolute atomic E-state index is 0.306. The molecule has 0 aliphatic heterocycles. The highest BCUT2D eigenvalue weighted by atomic mass is 35.5. The lowest BCUT2D eigenvalue weighted by molar-refractivity contribution is 0.249. The number of imidazole rings is 1. The normalized spacial score (nSPS) is 11.9. The predicted octanol–water partition coefficient (Wildman–Crippen LogP) is 5.14. The molecule has 1 heterocycles. The number of carbonyl (C=O) groups excluding carboxylic acids is 1. The van der Waals surface area contributed by atoms with Crippen LogP contribution in [0.4, 0.5) is 10.5 Å². The van der Waals surface area contributed by atoms with Gasteiger partial charge in [0.15, 0.2) is 0 Å². The van der Waals surface area contributed by atoms with Crippen molar-refractivity contribution in [2.75, 3.05) is 5.32 Å². The van der Waals surface area contributed by atoms with Gasteiger partial charge in [-0.1, -0.05) is 60.1 Å². The molecule has 3 aromatic carbocycles. The van der Waals surface area contributed by atoms with Gasteiger partial charge in [0.25, 0.3) is 0 Å². The third-order valence-electron chi connectivity index (χ3n) is 4.63. The highest BCUT2D eigenvalue weighted by molar-refractivity contribution is 6.30. The first kappa shape index (κ1) is 18.1. The van der Waals surface area contributed by atoms with Crippen LogP contribution < -0.4 is 10.6 Å². The van der Waals surface area contributed by atoms with E-state index >= 15 is 0 Å². The number of fused-ring (bicyclic) bond motifs is 1. The van der Waals surface area contributed by atoms with Crippen molar-refractivity contribution in [3.8, 4) is 0 Å². The molecule has 1 atom stereocenters. The maximum Gasteiger partial charge on any atom is 0.320 e. The second-order valence-electron chi connectivity index (χ2n) is 6.51. The Morgan fingerprint density at radius 2 is 1.79 bits per heavy atom. The summed E-state index contributed by atoms with van der Waals surface area (Å²) in [5, 5.41) is 8.69. The van der Waals surface area contributed by atoms with Crippen LogP contribution in [0.1, 0.15) is 17.4 Å². The van der Waals surface area contributed by atoms with Gasteiger partial charge in [-0.3, -0.25) is 0 Å². The van der Waals surface area contributed by atoms with Gasteiger partial charge in [-0.05, 0) is 29.1 Å². The highest BCUT2D eigenvalue weighted by Gasteiger charge is 2.21. The Kier molecular flexibility index (Phi) is 5.00. The van der Waals surface area contributed by atoms with Gasteiger partial charge in [-0.25, -0.2) is 9.78 Å². The van der Waals surface area contributed by atoms with Crippen molar-refractivity contribution < 1.29 is 4.79 Å². The average Bonchev–Trinajstić information content (AvgIpc) is 3.13. The Hall–Kier alpha value is -3.31. The summed E-state index contributed by atoms with van der Waals surface area (Å²) in [6, 6.07) is 20.4. The third kappa shape index (κ3) is 3.70. The summed E-state index contributed by atoms with van der Waals surface area (Å²) in [6.07, 6.45) is 3.56. The number of benzene rings is 3. The molecule has 140 valence electrons. The number of hydrogen-bond donors (Lipinski definition) is 2. The van der Waals surface area contributed by atoms with Gasteiger partial charge in [0.2, 0.25) is 0 Å². The van der Waals surface area contributed by atoms with Crippen molar-refractivity contribution in [2.45, 2.75) is 6.04 Å². The number of carbonyl (C=O) groups is 1. The summed E-state index contributed by atoms with van der Waals surface area (Å²) >= 11 is 6.02. The number of aryl methyl sites for hydroxylation is 1. The lowest BCUT2D eigenvalue weighted by Gasteiger charge is -2.20. The van der Waals surface area contributed by atoms with Crippen LogP contribution in [0.2, 0.25) is 5.02 Å². The predicted molar refractivity (Wildman–Crippen MR) is 113 cm³/mol. The van der Waals surface area contributed by atoms with Crippen LogP contribution in [-0.4, -0.2) is 15.6 Å². The summed E-state index contributed by atoms with van der Waals surface area (Å²) in [4.78, 5) is 17.2. The van der Waals surface area contributed by atoms with Crippen molar-refractivity contribution >= 4 is 34.1 Å². The minimum atomic E-state index is -0.410. The van der Waals surface area contributed by atoms with Gasteiger partial charge in [-0.15, -0.1) is 0 Å². The molecule has 0 fully saturated rings. The van der Waals surface area contributed by atoms with E-state index in [-0.39, 0.29) is 6.03 Å². The van der Waals surface area contributed by atoms with E-state index in [1.165, 1.54) is 0 Å². The monoisotopic (exact) mass is 390 g/mol. The number of nitrogens with zero attached hydrogens (tertiary/aromatic N) is 2. The number of nitrogens with one attached hydrogen (secondary N) is 2. The largest absolute Gasteiger partial charge is 0.336 e. The topological polar surface area (TPSA) is 59.0 Å². The molecule has 5 nitrogen and oxygen atoms in total. The van der Waals surface area contributed by atoms with Crippen molar-refractivity contribution in [2.24, 2.45) is 7.05 Å².